The molecule has 2 amide bonds. The Balaban J connectivity index is 1.54. The van der Waals surface area contributed by atoms with Gasteiger partial charge in [-0.1, -0.05) is 24.3 Å². The van der Waals surface area contributed by atoms with Crippen LogP contribution in [0.1, 0.15) is 27.0 Å². The fourth-order valence-corrected chi connectivity index (χ4v) is 2.74. The van der Waals surface area contributed by atoms with Gasteiger partial charge in [0.1, 0.15) is 12.3 Å². The van der Waals surface area contributed by atoms with Crippen molar-refractivity contribution in [2.75, 3.05) is 5.32 Å². The lowest BCUT2D eigenvalue weighted by molar-refractivity contribution is -0.383. The maximum absolute atomic E-state index is 12.5. The van der Waals surface area contributed by atoms with Gasteiger partial charge in [0.15, 0.2) is 0 Å². The third-order valence-corrected chi connectivity index (χ3v) is 4.34. The lowest BCUT2D eigenvalue weighted by atomic mass is 10.1. The number of nitrogens with zero attached hydrogens (tertiary/aromatic N) is 2. The number of nitro benzene ring substituents is 1. The number of pyridine rings is 1. The van der Waals surface area contributed by atoms with E-state index in [1.807, 2.05) is 0 Å². The van der Waals surface area contributed by atoms with Crippen LogP contribution < -0.4 is 10.6 Å². The van der Waals surface area contributed by atoms with Crippen LogP contribution in [0.4, 0.5) is 16.2 Å². The molecule has 0 atom stereocenters. The maximum atomic E-state index is 12.5. The highest BCUT2D eigenvalue weighted by Crippen LogP contribution is 2.25. The van der Waals surface area contributed by atoms with Gasteiger partial charge in [-0.05, 0) is 42.3 Å². The summed E-state index contributed by atoms with van der Waals surface area (Å²) in [5, 5.41) is 16.4. The predicted octanol–water partition coefficient (Wildman–Crippen LogP) is 3.98. The molecule has 31 heavy (non-hydrogen) atoms. The minimum absolute atomic E-state index is 0.115. The average Bonchev–Trinajstić information content (AvgIpc) is 2.77. The molecule has 3 aromatic rings. The monoisotopic (exact) mass is 420 g/mol. The van der Waals surface area contributed by atoms with Gasteiger partial charge < -0.3 is 15.4 Å². The van der Waals surface area contributed by atoms with Crippen LogP contribution in [0.25, 0.3) is 0 Å². The molecule has 0 unspecified atom stereocenters. The predicted molar refractivity (Wildman–Crippen MR) is 113 cm³/mol. The molecule has 1 heterocycles. The Morgan fingerprint density at radius 3 is 2.55 bits per heavy atom. The molecule has 0 saturated carbocycles. The van der Waals surface area contributed by atoms with Crippen molar-refractivity contribution in [1.82, 2.24) is 10.3 Å². The first-order valence-corrected chi connectivity index (χ1v) is 9.37. The van der Waals surface area contributed by atoms with Crippen LogP contribution in [0, 0.1) is 17.0 Å². The summed E-state index contributed by atoms with van der Waals surface area (Å²) in [5.74, 6) is -0.468. The molecular weight excluding hydrogens is 400 g/mol. The summed E-state index contributed by atoms with van der Waals surface area (Å²) in [5.41, 5.74) is 2.62. The van der Waals surface area contributed by atoms with Crippen LogP contribution in [0.5, 0.6) is 0 Å². The Morgan fingerprint density at radius 1 is 1.10 bits per heavy atom. The first-order chi connectivity index (χ1) is 14.9. The van der Waals surface area contributed by atoms with Crippen molar-refractivity contribution in [1.29, 1.82) is 0 Å². The Kier molecular flexibility index (Phi) is 6.89. The van der Waals surface area contributed by atoms with E-state index in [4.69, 9.17) is 4.74 Å². The number of carbonyl (C=O) groups is 2. The molecule has 0 saturated heterocycles. The average molecular weight is 420 g/mol. The van der Waals surface area contributed by atoms with Crippen molar-refractivity contribution in [3.8, 4) is 0 Å². The van der Waals surface area contributed by atoms with Crippen LogP contribution >= 0.6 is 0 Å². The Labute approximate surface area is 178 Å². The molecule has 1 aromatic heterocycles. The number of nitro groups is 1. The molecule has 9 heteroatoms. The highest BCUT2D eigenvalue weighted by Gasteiger charge is 2.16. The third kappa shape index (κ3) is 6.10. The van der Waals surface area contributed by atoms with Crippen molar-refractivity contribution >= 4 is 23.4 Å². The molecule has 158 valence electrons. The molecule has 2 N–H and O–H groups in total. The van der Waals surface area contributed by atoms with Crippen molar-refractivity contribution in [3.05, 3.63) is 99.4 Å². The van der Waals surface area contributed by atoms with Gasteiger partial charge in [-0.25, -0.2) is 4.79 Å². The second-order valence-corrected chi connectivity index (χ2v) is 6.72. The normalized spacial score (nSPS) is 10.2. The highest BCUT2D eigenvalue weighted by atomic mass is 16.6. The van der Waals surface area contributed by atoms with E-state index in [0.717, 1.165) is 16.7 Å². The molecule has 0 fully saturated rings. The van der Waals surface area contributed by atoms with Gasteiger partial charge in [-0.15, -0.1) is 0 Å². The minimum Gasteiger partial charge on any atom is -0.445 e. The molecule has 3 rings (SSSR count). The van der Waals surface area contributed by atoms with E-state index < -0.39 is 16.9 Å². The molecule has 0 aliphatic rings. The fourth-order valence-electron chi connectivity index (χ4n) is 2.74. The number of aryl methyl sites for hydroxylation is 1. The van der Waals surface area contributed by atoms with Gasteiger partial charge in [-0.3, -0.25) is 19.9 Å². The second kappa shape index (κ2) is 9.97. The summed E-state index contributed by atoms with van der Waals surface area (Å²) < 4.78 is 5.11. The fraction of sp³-hybridized carbons (Fsp3) is 0.136. The number of carbonyl (C=O) groups excluding carboxylic acids is 2. The van der Waals surface area contributed by atoms with Crippen LogP contribution in [0.15, 0.2) is 67.0 Å². The van der Waals surface area contributed by atoms with Gasteiger partial charge in [-0.2, -0.15) is 0 Å². The number of benzene rings is 2. The zero-order valence-corrected chi connectivity index (χ0v) is 16.7. The van der Waals surface area contributed by atoms with E-state index in [9.17, 15) is 19.7 Å². The maximum Gasteiger partial charge on any atom is 0.407 e. The largest absolute Gasteiger partial charge is 0.445 e. The van der Waals surface area contributed by atoms with Crippen LogP contribution in [-0.4, -0.2) is 21.9 Å². The number of anilines is 1. The van der Waals surface area contributed by atoms with Crippen molar-refractivity contribution in [2.24, 2.45) is 0 Å². The summed E-state index contributed by atoms with van der Waals surface area (Å²) in [6.45, 7) is 2.12. The molecule has 0 aliphatic carbocycles. The lowest BCUT2D eigenvalue weighted by Gasteiger charge is -2.09. The number of amides is 2. The molecule has 0 spiro atoms. The van der Waals surface area contributed by atoms with E-state index in [1.165, 1.54) is 6.07 Å². The number of aromatic nitrogens is 1. The standard InChI is InChI=1S/C22H20N4O5/c1-15-4-9-20(26(29)30)19(11-15)25-21(27)18-7-5-16(6-8-18)13-24-22(28)31-14-17-3-2-10-23-12-17/h2-12H,13-14H2,1H3,(H,24,28)(H,25,27). The number of hydrogen-bond acceptors (Lipinski definition) is 6. The van der Waals surface area contributed by atoms with Gasteiger partial charge in [0.25, 0.3) is 11.6 Å². The molecule has 0 aliphatic heterocycles. The minimum atomic E-state index is -0.572. The van der Waals surface area contributed by atoms with Crippen molar-refractivity contribution in [2.45, 2.75) is 20.1 Å². The summed E-state index contributed by atoms with van der Waals surface area (Å²) in [7, 11) is 0. The quantitative estimate of drug-likeness (QED) is 0.440. The molecular formula is C22H20N4O5. The lowest BCUT2D eigenvalue weighted by Crippen LogP contribution is -2.23. The Morgan fingerprint density at radius 2 is 1.87 bits per heavy atom. The van der Waals surface area contributed by atoms with Crippen LogP contribution in [-0.2, 0) is 17.9 Å². The number of alkyl carbamates (subject to hydrolysis) is 1. The Hall–Kier alpha value is -4.27. The molecule has 2 aromatic carbocycles. The Bertz CT molecular complexity index is 1080. The third-order valence-electron chi connectivity index (χ3n) is 4.34. The number of hydrogen-bond donors (Lipinski definition) is 2. The van der Waals surface area contributed by atoms with Crippen molar-refractivity contribution < 1.29 is 19.2 Å². The number of rotatable bonds is 7. The van der Waals surface area contributed by atoms with E-state index >= 15 is 0 Å². The summed E-state index contributed by atoms with van der Waals surface area (Å²) in [4.78, 5) is 38.8. The van der Waals surface area contributed by atoms with E-state index in [-0.39, 0.29) is 24.5 Å². The van der Waals surface area contributed by atoms with Crippen LogP contribution in [0.3, 0.4) is 0 Å². The SMILES string of the molecule is Cc1ccc([N+](=O)[O-])c(NC(=O)c2ccc(CNC(=O)OCc3cccnc3)cc2)c1. The summed E-state index contributed by atoms with van der Waals surface area (Å²) in [6, 6.07) is 14.6. The first-order valence-electron chi connectivity index (χ1n) is 9.37. The first kappa shape index (κ1) is 21.4. The molecule has 9 nitrogen and oxygen atoms in total. The van der Waals surface area contributed by atoms with Gasteiger partial charge in [0, 0.05) is 36.1 Å². The zero-order valence-electron chi connectivity index (χ0n) is 16.7. The second-order valence-electron chi connectivity index (χ2n) is 6.72. The van der Waals surface area contributed by atoms with E-state index in [2.05, 4.69) is 15.6 Å². The highest BCUT2D eigenvalue weighted by molar-refractivity contribution is 6.05. The molecule has 0 bridgehead atoms. The van der Waals surface area contributed by atoms with Crippen LogP contribution in [0.2, 0.25) is 0 Å². The number of ether oxygens (including phenoxy) is 1. The summed E-state index contributed by atoms with van der Waals surface area (Å²) >= 11 is 0. The molecule has 0 radical (unpaired) electrons. The van der Waals surface area contributed by atoms with E-state index in [0.29, 0.717) is 5.56 Å². The van der Waals surface area contributed by atoms with Crippen molar-refractivity contribution in [3.63, 3.8) is 0 Å². The number of nitrogens with one attached hydrogen (secondary N) is 2. The summed E-state index contributed by atoms with van der Waals surface area (Å²) in [6.07, 6.45) is 2.68. The zero-order chi connectivity index (χ0) is 22.2. The smallest absolute Gasteiger partial charge is 0.407 e. The van der Waals surface area contributed by atoms with Gasteiger partial charge >= 0.3 is 6.09 Å². The topological polar surface area (TPSA) is 123 Å². The van der Waals surface area contributed by atoms with Gasteiger partial charge in [0.2, 0.25) is 0 Å². The van der Waals surface area contributed by atoms with Gasteiger partial charge in [0.05, 0.1) is 4.92 Å². The van der Waals surface area contributed by atoms with E-state index in [1.54, 1.807) is 67.8 Å².